The molecule has 0 saturated carbocycles. The molecule has 0 radical (unpaired) electrons. The Balaban J connectivity index is 1.93. The van der Waals surface area contributed by atoms with Gasteiger partial charge in [0.2, 0.25) is 0 Å². The van der Waals surface area contributed by atoms with Gasteiger partial charge in [-0.1, -0.05) is 6.42 Å². The molecule has 18 heavy (non-hydrogen) atoms. The van der Waals surface area contributed by atoms with Crippen LogP contribution in [-0.2, 0) is 14.6 Å². The average Bonchev–Trinajstić information content (AvgIpc) is 2.66. The van der Waals surface area contributed by atoms with Gasteiger partial charge in [-0.2, -0.15) is 0 Å². The van der Waals surface area contributed by atoms with E-state index in [4.69, 9.17) is 5.11 Å². The molecule has 2 heterocycles. The number of rotatable bonds is 5. The number of fused-ring (bicyclic) bond motifs is 1. The van der Waals surface area contributed by atoms with Crippen LogP contribution >= 0.6 is 0 Å². The van der Waals surface area contributed by atoms with Crippen molar-refractivity contribution < 1.29 is 23.1 Å². The lowest BCUT2D eigenvalue weighted by Gasteiger charge is -2.15. The van der Waals surface area contributed by atoms with Crippen LogP contribution in [0.4, 0.5) is 4.79 Å². The van der Waals surface area contributed by atoms with E-state index in [9.17, 15) is 18.0 Å². The molecular weight excluding hydrogens is 260 g/mol. The molecule has 0 aromatic heterocycles. The summed E-state index contributed by atoms with van der Waals surface area (Å²) in [5, 5.41) is 13.1. The number of sulfone groups is 1. The van der Waals surface area contributed by atoms with E-state index in [-0.39, 0.29) is 30.3 Å². The Morgan fingerprint density at radius 2 is 2.06 bits per heavy atom. The number of carbonyl (C=O) groups is 2. The molecule has 0 bridgehead atoms. The lowest BCUT2D eigenvalue weighted by molar-refractivity contribution is -0.137. The Hall–Kier alpha value is -1.31. The third kappa shape index (κ3) is 2.58. The first kappa shape index (κ1) is 13.1. The van der Waals surface area contributed by atoms with Crippen LogP contribution in [0.2, 0.25) is 0 Å². The van der Waals surface area contributed by atoms with E-state index in [0.29, 0.717) is 19.3 Å². The van der Waals surface area contributed by atoms with Crippen molar-refractivity contribution in [3.63, 3.8) is 0 Å². The molecule has 2 aliphatic heterocycles. The van der Waals surface area contributed by atoms with Gasteiger partial charge in [0.25, 0.3) is 0 Å². The highest BCUT2D eigenvalue weighted by atomic mass is 32.2. The molecular formula is C10H16N2O5S. The van der Waals surface area contributed by atoms with Crippen molar-refractivity contribution in [2.45, 2.75) is 43.0 Å². The van der Waals surface area contributed by atoms with Gasteiger partial charge in [0.15, 0.2) is 9.84 Å². The minimum absolute atomic E-state index is 0.0278. The second-order valence-electron chi connectivity index (χ2n) is 4.76. The minimum atomic E-state index is -3.20. The Labute approximate surface area is 105 Å². The average molecular weight is 276 g/mol. The molecule has 2 fully saturated rings. The number of hydrogen-bond acceptors (Lipinski definition) is 4. The number of carboxylic acid groups (broad SMARTS) is 1. The maximum absolute atomic E-state index is 11.9. The summed E-state index contributed by atoms with van der Waals surface area (Å²) in [5.74, 6) is -0.905. The van der Waals surface area contributed by atoms with Crippen LogP contribution < -0.4 is 10.6 Å². The van der Waals surface area contributed by atoms with E-state index < -0.39 is 21.1 Å². The monoisotopic (exact) mass is 276 g/mol. The van der Waals surface area contributed by atoms with E-state index >= 15 is 0 Å². The fourth-order valence-corrected chi connectivity index (χ4v) is 4.90. The van der Waals surface area contributed by atoms with Gasteiger partial charge in [-0.3, -0.25) is 4.79 Å². The molecule has 2 aliphatic rings. The van der Waals surface area contributed by atoms with Gasteiger partial charge in [0.05, 0.1) is 23.1 Å². The predicted molar refractivity (Wildman–Crippen MR) is 62.9 cm³/mol. The van der Waals surface area contributed by atoms with Gasteiger partial charge in [0, 0.05) is 6.42 Å². The SMILES string of the molecule is O=C(O)CCCC[C@H]1C2NC(=O)NC2CS1(=O)=O. The number of carbonyl (C=O) groups excluding carboxylic acids is 1. The van der Waals surface area contributed by atoms with Crippen molar-refractivity contribution in [2.24, 2.45) is 0 Å². The molecule has 0 aliphatic carbocycles. The fraction of sp³-hybridized carbons (Fsp3) is 0.800. The van der Waals surface area contributed by atoms with Crippen molar-refractivity contribution in [3.05, 3.63) is 0 Å². The Morgan fingerprint density at radius 3 is 2.72 bits per heavy atom. The molecule has 7 nitrogen and oxygen atoms in total. The zero-order valence-electron chi connectivity index (χ0n) is 9.76. The largest absolute Gasteiger partial charge is 0.481 e. The Morgan fingerprint density at radius 1 is 1.33 bits per heavy atom. The second-order valence-corrected chi connectivity index (χ2v) is 7.02. The van der Waals surface area contributed by atoms with Crippen LogP contribution in [-0.4, -0.2) is 48.6 Å². The van der Waals surface area contributed by atoms with Gasteiger partial charge in [-0.05, 0) is 12.8 Å². The van der Waals surface area contributed by atoms with Crippen molar-refractivity contribution in [1.29, 1.82) is 0 Å². The molecule has 102 valence electrons. The third-order valence-electron chi connectivity index (χ3n) is 3.45. The summed E-state index contributed by atoms with van der Waals surface area (Å²) in [6, 6.07) is -1.03. The zero-order valence-corrected chi connectivity index (χ0v) is 10.6. The Kier molecular flexibility index (Phi) is 3.47. The molecule has 2 unspecified atom stereocenters. The lowest BCUT2D eigenvalue weighted by Crippen LogP contribution is -2.39. The van der Waals surface area contributed by atoms with Crippen LogP contribution in [0.1, 0.15) is 25.7 Å². The third-order valence-corrected chi connectivity index (χ3v) is 5.73. The van der Waals surface area contributed by atoms with E-state index in [2.05, 4.69) is 10.6 Å². The summed E-state index contributed by atoms with van der Waals surface area (Å²) in [4.78, 5) is 21.5. The van der Waals surface area contributed by atoms with E-state index in [0.717, 1.165) is 0 Å². The highest BCUT2D eigenvalue weighted by Crippen LogP contribution is 2.28. The normalized spacial score (nSPS) is 32.7. The maximum Gasteiger partial charge on any atom is 0.315 e. The number of hydrogen-bond donors (Lipinski definition) is 3. The quantitative estimate of drug-likeness (QED) is 0.462. The van der Waals surface area contributed by atoms with Gasteiger partial charge < -0.3 is 15.7 Å². The number of unbranched alkanes of at least 4 members (excludes halogenated alkanes) is 1. The molecule has 2 saturated heterocycles. The van der Waals surface area contributed by atoms with Gasteiger partial charge in [-0.15, -0.1) is 0 Å². The molecule has 0 aromatic carbocycles. The first-order valence-electron chi connectivity index (χ1n) is 5.90. The summed E-state index contributed by atoms with van der Waals surface area (Å²) in [6.07, 6.45) is 1.44. The lowest BCUT2D eigenvalue weighted by atomic mass is 10.0. The fourth-order valence-electron chi connectivity index (χ4n) is 2.63. The summed E-state index contributed by atoms with van der Waals surface area (Å²) >= 11 is 0. The maximum atomic E-state index is 11.9. The summed E-state index contributed by atoms with van der Waals surface area (Å²) in [6.45, 7) is 0. The van der Waals surface area contributed by atoms with Crippen LogP contribution in [0.15, 0.2) is 0 Å². The number of aliphatic carboxylic acids is 1. The summed E-state index contributed by atoms with van der Waals surface area (Å²) < 4.78 is 23.8. The number of carboxylic acids is 1. The number of urea groups is 1. The van der Waals surface area contributed by atoms with Crippen molar-refractivity contribution in [1.82, 2.24) is 10.6 Å². The van der Waals surface area contributed by atoms with E-state index in [1.165, 1.54) is 0 Å². The summed E-state index contributed by atoms with van der Waals surface area (Å²) in [7, 11) is -3.20. The first-order valence-corrected chi connectivity index (χ1v) is 7.62. The topological polar surface area (TPSA) is 113 Å². The van der Waals surface area contributed by atoms with Crippen LogP contribution in [0.3, 0.4) is 0 Å². The van der Waals surface area contributed by atoms with Crippen LogP contribution in [0.5, 0.6) is 0 Å². The van der Waals surface area contributed by atoms with Gasteiger partial charge in [0.1, 0.15) is 0 Å². The highest BCUT2D eigenvalue weighted by Gasteiger charge is 2.51. The Bertz CT molecular complexity index is 461. The van der Waals surface area contributed by atoms with Gasteiger partial charge in [-0.25, -0.2) is 13.2 Å². The van der Waals surface area contributed by atoms with Crippen molar-refractivity contribution in [3.8, 4) is 0 Å². The summed E-state index contributed by atoms with van der Waals surface area (Å²) in [5.41, 5.74) is 0. The minimum Gasteiger partial charge on any atom is -0.481 e. The number of nitrogens with one attached hydrogen (secondary N) is 2. The van der Waals surface area contributed by atoms with Crippen LogP contribution in [0.25, 0.3) is 0 Å². The second kappa shape index (κ2) is 4.75. The molecule has 3 N–H and O–H groups in total. The molecule has 8 heteroatoms. The molecule has 0 spiro atoms. The highest BCUT2D eigenvalue weighted by molar-refractivity contribution is 7.92. The molecule has 3 atom stereocenters. The van der Waals surface area contributed by atoms with Gasteiger partial charge >= 0.3 is 12.0 Å². The smallest absolute Gasteiger partial charge is 0.315 e. The first-order chi connectivity index (χ1) is 8.40. The van der Waals surface area contributed by atoms with E-state index in [1.807, 2.05) is 0 Å². The predicted octanol–water partition coefficient (Wildman–Crippen LogP) is -0.522. The zero-order chi connectivity index (χ0) is 13.3. The standard InChI is InChI=1S/C10H16N2O5S/c13-8(14)4-2-1-3-7-9-6(5-18(7,16)17)11-10(15)12-9/h6-7,9H,1-5H2,(H,13,14)(H2,11,12,15)/t6?,7-,9?/m0/s1. The van der Waals surface area contributed by atoms with Crippen LogP contribution in [0, 0.1) is 0 Å². The van der Waals surface area contributed by atoms with Crippen molar-refractivity contribution >= 4 is 21.8 Å². The number of amides is 2. The van der Waals surface area contributed by atoms with Crippen molar-refractivity contribution in [2.75, 3.05) is 5.75 Å². The molecule has 2 rings (SSSR count). The molecule has 0 aromatic rings. The van der Waals surface area contributed by atoms with E-state index in [1.54, 1.807) is 0 Å². The molecule has 2 amide bonds.